The molecule has 1 saturated carbocycles. The van der Waals surface area contributed by atoms with Gasteiger partial charge >= 0.3 is 17.9 Å². The van der Waals surface area contributed by atoms with Crippen molar-refractivity contribution in [3.63, 3.8) is 0 Å². The Kier molecular flexibility index (Phi) is 7.13. The number of aliphatic carboxylic acids is 2. The van der Waals surface area contributed by atoms with Gasteiger partial charge in [-0.2, -0.15) is 0 Å². The Morgan fingerprint density at radius 2 is 1.70 bits per heavy atom. The number of imide groups is 1. The van der Waals surface area contributed by atoms with E-state index in [0.717, 1.165) is 31.3 Å². The molecule has 12 nitrogen and oxygen atoms in total. The van der Waals surface area contributed by atoms with Crippen LogP contribution in [0.1, 0.15) is 60.5 Å². The number of nitrogens with one attached hydrogen (secondary N) is 1. The average molecular weight is 519 g/mol. The summed E-state index contributed by atoms with van der Waals surface area (Å²) in [5.74, 6) is -7.64. The van der Waals surface area contributed by atoms with Crippen molar-refractivity contribution < 1.29 is 48.4 Å². The molecule has 37 heavy (non-hydrogen) atoms. The number of hydrogen-bond acceptors (Lipinski definition) is 9. The van der Waals surface area contributed by atoms with E-state index in [2.05, 4.69) is 5.32 Å². The highest BCUT2D eigenvalue weighted by molar-refractivity contribution is 6.10. The van der Waals surface area contributed by atoms with Gasteiger partial charge in [0.2, 0.25) is 11.8 Å². The van der Waals surface area contributed by atoms with Crippen LogP contribution in [0.25, 0.3) is 0 Å². The summed E-state index contributed by atoms with van der Waals surface area (Å²) in [7, 11) is 3.85. The average Bonchev–Trinajstić information content (AvgIpc) is 3.36. The molecular formula is C25H30N2O10. The van der Waals surface area contributed by atoms with E-state index in [1.54, 1.807) is 0 Å². The Morgan fingerprint density at radius 1 is 1.03 bits per heavy atom. The first-order valence-corrected chi connectivity index (χ1v) is 12.0. The Hall–Kier alpha value is -3.67. The molecule has 1 aromatic rings. The summed E-state index contributed by atoms with van der Waals surface area (Å²) in [5.41, 5.74) is -2.27. The van der Waals surface area contributed by atoms with Gasteiger partial charge < -0.3 is 24.4 Å². The Balaban J connectivity index is 1.94. The van der Waals surface area contributed by atoms with Gasteiger partial charge in [-0.05, 0) is 24.5 Å². The van der Waals surface area contributed by atoms with Crippen molar-refractivity contribution in [2.75, 3.05) is 21.3 Å². The number of ether oxygens (including phenoxy) is 3. The molecule has 3 fully saturated rings. The number of fused-ring (bicyclic) bond motifs is 1. The fourth-order valence-electron chi connectivity index (χ4n) is 6.12. The molecular weight excluding hydrogens is 488 g/mol. The first kappa shape index (κ1) is 26.4. The van der Waals surface area contributed by atoms with Crippen LogP contribution in [0.4, 0.5) is 0 Å². The van der Waals surface area contributed by atoms with Crippen LogP contribution in [-0.2, 0) is 23.9 Å². The lowest BCUT2D eigenvalue weighted by Crippen LogP contribution is -2.57. The monoisotopic (exact) mass is 518 g/mol. The fraction of sp³-hybridized carbons (Fsp3) is 0.560. The molecule has 4 unspecified atom stereocenters. The van der Waals surface area contributed by atoms with Crippen molar-refractivity contribution in [1.29, 1.82) is 0 Å². The molecule has 0 bridgehead atoms. The number of carbonyl (C=O) groups is 5. The van der Waals surface area contributed by atoms with Crippen molar-refractivity contribution in [3.05, 3.63) is 23.3 Å². The molecule has 3 N–H and O–H groups in total. The van der Waals surface area contributed by atoms with Crippen molar-refractivity contribution in [2.45, 2.75) is 56.1 Å². The lowest BCUT2D eigenvalue weighted by atomic mass is 9.77. The van der Waals surface area contributed by atoms with Gasteiger partial charge in [0.1, 0.15) is 22.6 Å². The molecule has 1 aromatic carbocycles. The van der Waals surface area contributed by atoms with E-state index in [4.69, 9.17) is 14.2 Å². The minimum absolute atomic E-state index is 0.0477. The van der Waals surface area contributed by atoms with Gasteiger partial charge in [0.25, 0.3) is 0 Å². The molecule has 2 amide bonds. The molecule has 1 aliphatic carbocycles. The zero-order valence-electron chi connectivity index (χ0n) is 20.8. The van der Waals surface area contributed by atoms with Gasteiger partial charge in [0.15, 0.2) is 0 Å². The van der Waals surface area contributed by atoms with Crippen LogP contribution in [0, 0.1) is 11.8 Å². The highest BCUT2D eigenvalue weighted by Crippen LogP contribution is 2.53. The Bertz CT molecular complexity index is 1140. The number of esters is 1. The van der Waals surface area contributed by atoms with E-state index in [-0.39, 0.29) is 22.6 Å². The largest absolute Gasteiger partial charge is 0.497 e. The standard InChI is InChI=1S/C25H30N2O10/c1-35-13-9-14(17(23(32)37-3)15(10-13)36-2)20-18-19(25(26-20,24(33)34)11-16(28)29)22(31)27(21(18)30)12-7-5-4-6-8-12/h9-10,12,18-20,26H,4-8,11H2,1-3H3,(H,28,29)(H,33,34). The topological polar surface area (TPSA) is 169 Å². The summed E-state index contributed by atoms with van der Waals surface area (Å²) >= 11 is 0. The minimum Gasteiger partial charge on any atom is -0.497 e. The molecule has 2 heterocycles. The first-order chi connectivity index (χ1) is 17.6. The van der Waals surface area contributed by atoms with Crippen LogP contribution in [0.2, 0.25) is 0 Å². The van der Waals surface area contributed by atoms with E-state index < -0.39 is 65.6 Å². The lowest BCUT2D eigenvalue weighted by molar-refractivity contribution is -0.156. The predicted octanol–water partition coefficient (Wildman–Crippen LogP) is 1.37. The van der Waals surface area contributed by atoms with Crippen molar-refractivity contribution in [1.82, 2.24) is 10.2 Å². The fourth-order valence-corrected chi connectivity index (χ4v) is 6.12. The number of likely N-dealkylation sites (tertiary alicyclic amines) is 1. The molecule has 0 radical (unpaired) electrons. The highest BCUT2D eigenvalue weighted by Gasteiger charge is 2.70. The summed E-state index contributed by atoms with van der Waals surface area (Å²) in [5, 5.41) is 22.7. The number of rotatable bonds is 8. The van der Waals surface area contributed by atoms with Gasteiger partial charge in [-0.1, -0.05) is 19.3 Å². The molecule has 2 saturated heterocycles. The van der Waals surface area contributed by atoms with Crippen LogP contribution < -0.4 is 14.8 Å². The molecule has 12 heteroatoms. The van der Waals surface area contributed by atoms with Crippen LogP contribution in [0.5, 0.6) is 11.5 Å². The predicted molar refractivity (Wildman–Crippen MR) is 125 cm³/mol. The highest BCUT2D eigenvalue weighted by atomic mass is 16.5. The van der Waals surface area contributed by atoms with Gasteiger partial charge in [-0.3, -0.25) is 29.4 Å². The van der Waals surface area contributed by atoms with Crippen LogP contribution in [-0.4, -0.2) is 77.7 Å². The summed E-state index contributed by atoms with van der Waals surface area (Å²) in [6.07, 6.45) is 2.83. The maximum absolute atomic E-state index is 13.9. The third kappa shape index (κ3) is 4.18. The van der Waals surface area contributed by atoms with Crippen molar-refractivity contribution in [2.24, 2.45) is 11.8 Å². The molecule has 2 aliphatic heterocycles. The van der Waals surface area contributed by atoms with Crippen LogP contribution in [0.3, 0.4) is 0 Å². The number of carboxylic acid groups (broad SMARTS) is 2. The second kappa shape index (κ2) is 10.0. The number of carbonyl (C=O) groups excluding carboxylic acids is 3. The molecule has 4 rings (SSSR count). The summed E-state index contributed by atoms with van der Waals surface area (Å²) in [6, 6.07) is 1.25. The first-order valence-electron chi connectivity index (χ1n) is 12.0. The van der Waals surface area contributed by atoms with Gasteiger partial charge in [-0.15, -0.1) is 0 Å². The van der Waals surface area contributed by atoms with Gasteiger partial charge in [-0.25, -0.2) is 4.79 Å². The number of amides is 2. The maximum atomic E-state index is 13.9. The van der Waals surface area contributed by atoms with Crippen molar-refractivity contribution >= 4 is 29.7 Å². The SMILES string of the molecule is COC(=O)c1c(OC)cc(OC)cc1C1NC(CC(=O)O)(C(=O)O)C2C(=O)N(C3CCCCC3)C(=O)C12. The number of nitrogens with zero attached hydrogens (tertiary/aromatic N) is 1. The van der Waals surface area contributed by atoms with E-state index >= 15 is 0 Å². The number of benzene rings is 1. The third-order valence-electron chi connectivity index (χ3n) is 7.73. The summed E-state index contributed by atoms with van der Waals surface area (Å²) < 4.78 is 15.6. The molecule has 0 spiro atoms. The second-order valence-electron chi connectivity index (χ2n) is 9.60. The van der Waals surface area contributed by atoms with Crippen LogP contribution >= 0.6 is 0 Å². The van der Waals surface area contributed by atoms with E-state index in [1.807, 2.05) is 0 Å². The van der Waals surface area contributed by atoms with E-state index in [1.165, 1.54) is 26.4 Å². The number of hydrogen-bond donors (Lipinski definition) is 3. The zero-order chi connectivity index (χ0) is 27.1. The Morgan fingerprint density at radius 3 is 2.24 bits per heavy atom. The van der Waals surface area contributed by atoms with Crippen molar-refractivity contribution in [3.8, 4) is 11.5 Å². The third-order valence-corrected chi connectivity index (χ3v) is 7.73. The minimum atomic E-state index is -2.29. The molecule has 200 valence electrons. The van der Waals surface area contributed by atoms with Crippen LogP contribution in [0.15, 0.2) is 12.1 Å². The Labute approximate surface area is 212 Å². The number of carboxylic acids is 2. The van der Waals surface area contributed by atoms with Gasteiger partial charge in [0, 0.05) is 18.2 Å². The number of methoxy groups -OCH3 is 3. The summed E-state index contributed by atoms with van der Waals surface area (Å²) in [6.45, 7) is 0. The lowest BCUT2D eigenvalue weighted by Gasteiger charge is -2.34. The van der Waals surface area contributed by atoms with E-state index in [0.29, 0.717) is 12.8 Å². The molecule has 4 atom stereocenters. The zero-order valence-corrected chi connectivity index (χ0v) is 20.8. The smallest absolute Gasteiger partial charge is 0.341 e. The second-order valence-corrected chi connectivity index (χ2v) is 9.60. The molecule has 3 aliphatic rings. The quantitative estimate of drug-likeness (QED) is 0.336. The summed E-state index contributed by atoms with van der Waals surface area (Å²) in [4.78, 5) is 66.2. The normalized spacial score (nSPS) is 27.6. The molecule has 0 aromatic heterocycles. The van der Waals surface area contributed by atoms with E-state index in [9.17, 15) is 34.2 Å². The van der Waals surface area contributed by atoms with Gasteiger partial charge in [0.05, 0.1) is 39.6 Å². The maximum Gasteiger partial charge on any atom is 0.341 e.